The van der Waals surface area contributed by atoms with Crippen molar-refractivity contribution in [2.24, 2.45) is 0 Å². The summed E-state index contributed by atoms with van der Waals surface area (Å²) in [6, 6.07) is 21.6. The van der Waals surface area contributed by atoms with Crippen molar-refractivity contribution >= 4 is 43.5 Å². The van der Waals surface area contributed by atoms with Crippen molar-refractivity contribution in [3.05, 3.63) is 94.5 Å². The van der Waals surface area contributed by atoms with Crippen LogP contribution in [0.2, 0.25) is 0 Å². The molecule has 0 bridgehead atoms. The summed E-state index contributed by atoms with van der Waals surface area (Å²) in [7, 11) is -4.08. The maximum atomic E-state index is 13.9. The van der Waals surface area contributed by atoms with Gasteiger partial charge in [-0.25, -0.2) is 8.42 Å². The Morgan fingerprint density at radius 3 is 2.26 bits per heavy atom. The van der Waals surface area contributed by atoms with Crippen LogP contribution >= 0.6 is 15.9 Å². The fourth-order valence-electron chi connectivity index (χ4n) is 3.94. The number of nitrogens with one attached hydrogen (secondary N) is 1. The molecule has 0 spiro atoms. The zero-order chi connectivity index (χ0) is 27.9. The van der Waals surface area contributed by atoms with Crippen molar-refractivity contribution in [2.45, 2.75) is 57.6 Å². The lowest BCUT2D eigenvalue weighted by Crippen LogP contribution is -2.52. The van der Waals surface area contributed by atoms with Crippen molar-refractivity contribution in [2.75, 3.05) is 10.8 Å². The third-order valence-electron chi connectivity index (χ3n) is 6.31. The molecule has 0 aromatic heterocycles. The van der Waals surface area contributed by atoms with Gasteiger partial charge in [0.1, 0.15) is 12.6 Å². The molecule has 3 aromatic carbocycles. The Kier molecular flexibility index (Phi) is 10.1. The van der Waals surface area contributed by atoms with Gasteiger partial charge in [0, 0.05) is 17.1 Å². The number of hydrogen-bond acceptors (Lipinski definition) is 4. The summed E-state index contributed by atoms with van der Waals surface area (Å²) in [6.45, 7) is 7.18. The van der Waals surface area contributed by atoms with E-state index < -0.39 is 28.5 Å². The second-order valence-electron chi connectivity index (χ2n) is 9.31. The predicted octanol–water partition coefficient (Wildman–Crippen LogP) is 5.28. The highest BCUT2D eigenvalue weighted by atomic mass is 79.9. The first kappa shape index (κ1) is 29.4. The van der Waals surface area contributed by atoms with E-state index in [0.29, 0.717) is 10.2 Å². The van der Waals surface area contributed by atoms with Crippen LogP contribution < -0.4 is 9.62 Å². The number of anilines is 1. The fraction of sp³-hybridized carbons (Fsp3) is 0.310. The molecule has 1 N–H and O–H groups in total. The van der Waals surface area contributed by atoms with E-state index in [1.54, 1.807) is 49.4 Å². The Morgan fingerprint density at radius 2 is 1.63 bits per heavy atom. The Balaban J connectivity index is 2.02. The zero-order valence-electron chi connectivity index (χ0n) is 22.1. The lowest BCUT2D eigenvalue weighted by atomic mass is 10.1. The maximum absolute atomic E-state index is 13.9. The molecule has 7 nitrogen and oxygen atoms in total. The minimum absolute atomic E-state index is 0.0579. The molecule has 0 heterocycles. The van der Waals surface area contributed by atoms with Crippen molar-refractivity contribution in [3.8, 4) is 0 Å². The van der Waals surface area contributed by atoms with Gasteiger partial charge in [0.15, 0.2) is 0 Å². The van der Waals surface area contributed by atoms with Crippen LogP contribution in [0.5, 0.6) is 0 Å². The van der Waals surface area contributed by atoms with Crippen molar-refractivity contribution in [3.63, 3.8) is 0 Å². The number of nitrogens with zero attached hydrogens (tertiary/aromatic N) is 2. The van der Waals surface area contributed by atoms with E-state index in [0.717, 1.165) is 21.9 Å². The molecule has 202 valence electrons. The number of sulfonamides is 1. The predicted molar refractivity (Wildman–Crippen MR) is 154 cm³/mol. The number of benzene rings is 3. The normalized spacial score (nSPS) is 12.9. The molecule has 2 amide bonds. The van der Waals surface area contributed by atoms with Crippen LogP contribution in [0.15, 0.2) is 88.2 Å². The summed E-state index contributed by atoms with van der Waals surface area (Å²) in [5.74, 6) is -0.780. The van der Waals surface area contributed by atoms with Crippen LogP contribution in [0.3, 0.4) is 0 Å². The monoisotopic (exact) mass is 599 g/mol. The van der Waals surface area contributed by atoms with Crippen molar-refractivity contribution in [1.82, 2.24) is 10.2 Å². The number of hydrogen-bond donors (Lipinski definition) is 1. The minimum Gasteiger partial charge on any atom is -0.352 e. The number of rotatable bonds is 11. The van der Waals surface area contributed by atoms with Crippen LogP contribution in [-0.2, 0) is 26.2 Å². The lowest BCUT2D eigenvalue weighted by molar-refractivity contribution is -0.139. The van der Waals surface area contributed by atoms with Crippen LogP contribution in [0.25, 0.3) is 0 Å². The zero-order valence-corrected chi connectivity index (χ0v) is 24.5. The Bertz CT molecular complexity index is 1370. The third kappa shape index (κ3) is 7.45. The van der Waals surface area contributed by atoms with Crippen LogP contribution in [0, 0.1) is 6.92 Å². The molecule has 3 rings (SSSR count). The molecule has 0 aliphatic heterocycles. The van der Waals surface area contributed by atoms with Crippen LogP contribution in [0.1, 0.15) is 38.3 Å². The Labute approximate surface area is 234 Å². The van der Waals surface area contributed by atoms with Gasteiger partial charge in [-0.3, -0.25) is 13.9 Å². The molecule has 0 aliphatic carbocycles. The van der Waals surface area contributed by atoms with Gasteiger partial charge in [-0.05, 0) is 63.1 Å². The number of carbonyl (C=O) groups excluding carboxylic acids is 2. The largest absolute Gasteiger partial charge is 0.352 e. The second-order valence-corrected chi connectivity index (χ2v) is 12.1. The van der Waals surface area contributed by atoms with E-state index in [1.165, 1.54) is 17.0 Å². The van der Waals surface area contributed by atoms with Crippen LogP contribution in [0.4, 0.5) is 5.69 Å². The second kappa shape index (κ2) is 13.1. The molecule has 0 saturated carbocycles. The van der Waals surface area contributed by atoms with Gasteiger partial charge in [-0.2, -0.15) is 0 Å². The molecular weight excluding hydrogens is 566 g/mol. The lowest BCUT2D eigenvalue weighted by Gasteiger charge is -2.32. The van der Waals surface area contributed by atoms with Crippen molar-refractivity contribution < 1.29 is 18.0 Å². The molecule has 3 aromatic rings. The highest BCUT2D eigenvalue weighted by molar-refractivity contribution is 9.10. The third-order valence-corrected chi connectivity index (χ3v) is 8.59. The highest BCUT2D eigenvalue weighted by Gasteiger charge is 2.32. The number of amides is 2. The molecule has 0 radical (unpaired) electrons. The first-order valence-electron chi connectivity index (χ1n) is 12.5. The summed E-state index contributed by atoms with van der Waals surface area (Å²) >= 11 is 3.40. The summed E-state index contributed by atoms with van der Waals surface area (Å²) in [6.07, 6.45) is 0.746. The molecule has 0 unspecified atom stereocenters. The average Bonchev–Trinajstić information content (AvgIpc) is 2.90. The Morgan fingerprint density at radius 1 is 0.947 bits per heavy atom. The van der Waals surface area contributed by atoms with Gasteiger partial charge < -0.3 is 10.2 Å². The Hall–Kier alpha value is -3.17. The quantitative estimate of drug-likeness (QED) is 0.324. The maximum Gasteiger partial charge on any atom is 0.264 e. The highest BCUT2D eigenvalue weighted by Crippen LogP contribution is 2.27. The molecule has 9 heteroatoms. The van der Waals surface area contributed by atoms with Crippen molar-refractivity contribution in [1.29, 1.82) is 0 Å². The van der Waals surface area contributed by atoms with E-state index in [4.69, 9.17) is 0 Å². The fourth-order valence-corrected chi connectivity index (χ4v) is 5.75. The summed E-state index contributed by atoms with van der Waals surface area (Å²) < 4.78 is 29.3. The van der Waals surface area contributed by atoms with E-state index in [1.807, 2.05) is 45.0 Å². The standard InChI is InChI=1S/C29H34BrN3O4S/c1-5-22(3)31-29(35)23(4)32(19-24-12-9-11-21(2)17-24)28(34)20-33(26-14-10-13-25(30)18-26)38(36,37)27-15-7-6-8-16-27/h6-18,22-23H,5,19-20H2,1-4H3,(H,31,35)/t22-,23-/m0/s1. The minimum atomic E-state index is -4.08. The molecule has 38 heavy (non-hydrogen) atoms. The smallest absolute Gasteiger partial charge is 0.264 e. The average molecular weight is 601 g/mol. The summed E-state index contributed by atoms with van der Waals surface area (Å²) in [5, 5.41) is 2.94. The van der Waals surface area contributed by atoms with E-state index in [2.05, 4.69) is 21.2 Å². The molecule has 0 saturated heterocycles. The van der Waals surface area contributed by atoms with E-state index in [-0.39, 0.29) is 23.4 Å². The van der Waals surface area contributed by atoms with Gasteiger partial charge in [0.05, 0.1) is 10.6 Å². The SMILES string of the molecule is CC[C@H](C)NC(=O)[C@H](C)N(Cc1cccc(C)c1)C(=O)CN(c1cccc(Br)c1)S(=O)(=O)c1ccccc1. The summed E-state index contributed by atoms with van der Waals surface area (Å²) in [4.78, 5) is 28.5. The van der Waals surface area contributed by atoms with Gasteiger partial charge >= 0.3 is 0 Å². The van der Waals surface area contributed by atoms with E-state index >= 15 is 0 Å². The number of carbonyl (C=O) groups is 2. The topological polar surface area (TPSA) is 86.8 Å². The molecule has 0 aliphatic rings. The number of halogens is 1. The van der Waals surface area contributed by atoms with Gasteiger partial charge in [0.25, 0.3) is 10.0 Å². The molecular formula is C29H34BrN3O4S. The van der Waals surface area contributed by atoms with Gasteiger partial charge in [-0.15, -0.1) is 0 Å². The van der Waals surface area contributed by atoms with Gasteiger partial charge in [0.2, 0.25) is 11.8 Å². The summed E-state index contributed by atoms with van der Waals surface area (Å²) in [5.41, 5.74) is 2.21. The molecule has 2 atom stereocenters. The first-order valence-corrected chi connectivity index (χ1v) is 14.7. The van der Waals surface area contributed by atoms with E-state index in [9.17, 15) is 18.0 Å². The van der Waals surface area contributed by atoms with Gasteiger partial charge in [-0.1, -0.05) is 76.9 Å². The number of aryl methyl sites for hydroxylation is 1. The van der Waals surface area contributed by atoms with Crippen LogP contribution in [-0.4, -0.2) is 43.8 Å². The first-order chi connectivity index (χ1) is 18.0. The molecule has 0 fully saturated rings.